The molecule has 0 bridgehead atoms. The van der Waals surface area contributed by atoms with E-state index in [1.807, 2.05) is 0 Å². The summed E-state index contributed by atoms with van der Waals surface area (Å²) in [6.45, 7) is 4.69. The van der Waals surface area contributed by atoms with Crippen LogP contribution in [0.1, 0.15) is 25.0 Å². The minimum atomic E-state index is -0.0772. The zero-order valence-electron chi connectivity index (χ0n) is 33.3. The Hall–Kier alpha value is -7.69. The molecule has 0 amide bonds. The van der Waals surface area contributed by atoms with Gasteiger partial charge in [-0.05, 0) is 103 Å². The van der Waals surface area contributed by atoms with Crippen molar-refractivity contribution in [1.82, 2.24) is 19.5 Å². The third kappa shape index (κ3) is 5.34. The summed E-state index contributed by atoms with van der Waals surface area (Å²) in [6, 6.07) is 69.7. The van der Waals surface area contributed by atoms with E-state index in [-0.39, 0.29) is 5.41 Å². The van der Waals surface area contributed by atoms with Crippen LogP contribution in [0.25, 0.3) is 105 Å². The van der Waals surface area contributed by atoms with E-state index in [1.165, 1.54) is 49.5 Å². The molecule has 0 aliphatic heterocycles. The number of aromatic nitrogens is 4. The first kappa shape index (κ1) is 34.4. The smallest absolute Gasteiger partial charge is 0.166 e. The van der Waals surface area contributed by atoms with Crippen LogP contribution >= 0.6 is 0 Å². The van der Waals surface area contributed by atoms with E-state index in [4.69, 9.17) is 15.0 Å². The van der Waals surface area contributed by atoms with Crippen LogP contribution in [0.5, 0.6) is 0 Å². The van der Waals surface area contributed by atoms with Gasteiger partial charge in [0, 0.05) is 38.6 Å². The van der Waals surface area contributed by atoms with Gasteiger partial charge in [0.1, 0.15) is 0 Å². The summed E-state index contributed by atoms with van der Waals surface area (Å²) in [7, 11) is 0. The fourth-order valence-electron chi connectivity index (χ4n) is 9.57. The van der Waals surface area contributed by atoms with Crippen molar-refractivity contribution >= 4 is 43.4 Å². The number of rotatable bonds is 5. The van der Waals surface area contributed by atoms with E-state index in [2.05, 4.69) is 213 Å². The standard InChI is InChI=1S/C56H38N4/c1-56(2)49-22-11-10-19-44(49)45-29-27-40(34-50(45)56)39-28-30-51-48(33-39)46-20-12-21-47(52(46)60(51)43-17-4-3-5-18-43)55-58-53(41-25-23-35-13-6-8-15-37(35)31-41)57-54(59-55)42-26-24-36-14-7-9-16-38(36)32-42/h3-34H,1-2H3. The predicted octanol–water partition coefficient (Wildman–Crippen LogP) is 14.2. The van der Waals surface area contributed by atoms with Gasteiger partial charge in [0.05, 0.1) is 11.0 Å². The molecule has 2 heterocycles. The van der Waals surface area contributed by atoms with Gasteiger partial charge in [0.2, 0.25) is 0 Å². The number of hydrogen-bond acceptors (Lipinski definition) is 3. The molecule has 1 aliphatic carbocycles. The summed E-state index contributed by atoms with van der Waals surface area (Å²) in [6.07, 6.45) is 0. The first-order chi connectivity index (χ1) is 29.5. The van der Waals surface area contributed by atoms with Crippen LogP contribution in [0.15, 0.2) is 194 Å². The van der Waals surface area contributed by atoms with Gasteiger partial charge >= 0.3 is 0 Å². The molecular formula is C56H38N4. The topological polar surface area (TPSA) is 43.6 Å². The molecule has 0 N–H and O–H groups in total. The Labute approximate surface area is 348 Å². The predicted molar refractivity (Wildman–Crippen MR) is 248 cm³/mol. The Kier molecular flexibility index (Phi) is 7.54. The van der Waals surface area contributed by atoms with Gasteiger partial charge in [-0.2, -0.15) is 0 Å². The van der Waals surface area contributed by atoms with E-state index in [0.29, 0.717) is 17.5 Å². The lowest BCUT2D eigenvalue weighted by Crippen LogP contribution is -2.14. The summed E-state index contributed by atoms with van der Waals surface area (Å²) >= 11 is 0. The van der Waals surface area contributed by atoms with Gasteiger partial charge in [-0.1, -0.05) is 159 Å². The Morgan fingerprint density at radius 2 is 0.917 bits per heavy atom. The lowest BCUT2D eigenvalue weighted by atomic mass is 9.81. The average Bonchev–Trinajstić information content (AvgIpc) is 3.76. The molecule has 60 heavy (non-hydrogen) atoms. The molecule has 0 unspecified atom stereocenters. The van der Waals surface area contributed by atoms with Gasteiger partial charge < -0.3 is 4.57 Å². The van der Waals surface area contributed by atoms with Crippen LogP contribution < -0.4 is 0 Å². The third-order valence-electron chi connectivity index (χ3n) is 12.6. The number of hydrogen-bond donors (Lipinski definition) is 0. The SMILES string of the molecule is CC1(C)c2ccccc2-c2ccc(-c3ccc4c(c3)c3cccc(-c5nc(-c6ccc7ccccc7c6)nc(-c6ccc7ccccc7c6)n5)c3n4-c3ccccc3)cc21. The average molecular weight is 767 g/mol. The zero-order chi connectivity index (χ0) is 40.0. The summed E-state index contributed by atoms with van der Waals surface area (Å²) in [5, 5.41) is 6.95. The lowest BCUT2D eigenvalue weighted by molar-refractivity contribution is 0.660. The van der Waals surface area contributed by atoms with E-state index in [9.17, 15) is 0 Å². The fourth-order valence-corrected chi connectivity index (χ4v) is 9.57. The normalized spacial score (nSPS) is 13.0. The Balaban J connectivity index is 1.09. The molecule has 282 valence electrons. The van der Waals surface area contributed by atoms with Gasteiger partial charge in [-0.15, -0.1) is 0 Å². The van der Waals surface area contributed by atoms with Gasteiger partial charge in [0.15, 0.2) is 17.5 Å². The number of nitrogens with zero attached hydrogens (tertiary/aromatic N) is 4. The number of para-hydroxylation sites is 2. The molecule has 0 atom stereocenters. The molecule has 0 saturated heterocycles. The molecule has 1 aliphatic rings. The molecule has 2 aromatic heterocycles. The van der Waals surface area contributed by atoms with Crippen LogP contribution in [0, 0.1) is 0 Å². The van der Waals surface area contributed by atoms with E-state index < -0.39 is 0 Å². The molecule has 0 fully saturated rings. The van der Waals surface area contributed by atoms with Crippen molar-refractivity contribution in [1.29, 1.82) is 0 Å². The molecule has 4 heteroatoms. The van der Waals surface area contributed by atoms with Crippen LogP contribution in [0.4, 0.5) is 0 Å². The highest BCUT2D eigenvalue weighted by Gasteiger charge is 2.35. The molecule has 4 nitrogen and oxygen atoms in total. The zero-order valence-corrected chi connectivity index (χ0v) is 33.3. The van der Waals surface area contributed by atoms with Crippen molar-refractivity contribution in [2.75, 3.05) is 0 Å². The van der Waals surface area contributed by atoms with E-state index >= 15 is 0 Å². The summed E-state index contributed by atoms with van der Waals surface area (Å²) < 4.78 is 2.38. The molecule has 11 aromatic rings. The van der Waals surface area contributed by atoms with Crippen molar-refractivity contribution in [3.8, 4) is 62.1 Å². The molecule has 0 radical (unpaired) electrons. The van der Waals surface area contributed by atoms with Crippen molar-refractivity contribution < 1.29 is 0 Å². The fraction of sp³-hybridized carbons (Fsp3) is 0.0536. The third-order valence-corrected chi connectivity index (χ3v) is 12.6. The maximum Gasteiger partial charge on any atom is 0.166 e. The molecule has 12 rings (SSSR count). The van der Waals surface area contributed by atoms with Crippen molar-refractivity contribution in [3.63, 3.8) is 0 Å². The second kappa shape index (κ2) is 13.2. The highest BCUT2D eigenvalue weighted by atomic mass is 15.0. The van der Waals surface area contributed by atoms with Crippen molar-refractivity contribution in [2.45, 2.75) is 19.3 Å². The van der Waals surface area contributed by atoms with Crippen LogP contribution in [0.3, 0.4) is 0 Å². The van der Waals surface area contributed by atoms with Crippen molar-refractivity contribution in [2.24, 2.45) is 0 Å². The Bertz CT molecular complexity index is 3430. The number of fused-ring (bicyclic) bond motifs is 8. The molecular weight excluding hydrogens is 729 g/mol. The second-order valence-electron chi connectivity index (χ2n) is 16.5. The van der Waals surface area contributed by atoms with Crippen molar-refractivity contribution in [3.05, 3.63) is 205 Å². The van der Waals surface area contributed by atoms with Gasteiger partial charge in [-0.3, -0.25) is 0 Å². The monoisotopic (exact) mass is 766 g/mol. The first-order valence-corrected chi connectivity index (χ1v) is 20.6. The van der Waals surface area contributed by atoms with Gasteiger partial charge in [-0.25, -0.2) is 15.0 Å². The van der Waals surface area contributed by atoms with Crippen LogP contribution in [-0.2, 0) is 5.41 Å². The summed E-state index contributed by atoms with van der Waals surface area (Å²) in [5.74, 6) is 1.90. The van der Waals surface area contributed by atoms with Crippen LogP contribution in [-0.4, -0.2) is 19.5 Å². The van der Waals surface area contributed by atoms with Crippen LogP contribution in [0.2, 0.25) is 0 Å². The summed E-state index contributed by atoms with van der Waals surface area (Å²) in [5.41, 5.74) is 13.8. The second-order valence-corrected chi connectivity index (χ2v) is 16.5. The molecule has 0 spiro atoms. The highest BCUT2D eigenvalue weighted by molar-refractivity contribution is 6.14. The minimum absolute atomic E-state index is 0.0772. The molecule has 9 aromatic carbocycles. The maximum atomic E-state index is 5.32. The first-order valence-electron chi connectivity index (χ1n) is 20.6. The van der Waals surface area contributed by atoms with Gasteiger partial charge in [0.25, 0.3) is 0 Å². The number of benzene rings is 9. The Morgan fingerprint density at radius 1 is 0.367 bits per heavy atom. The van der Waals surface area contributed by atoms with E-state index in [0.717, 1.165) is 49.6 Å². The maximum absolute atomic E-state index is 5.32. The highest BCUT2D eigenvalue weighted by Crippen LogP contribution is 2.50. The Morgan fingerprint density at radius 3 is 1.63 bits per heavy atom. The quantitative estimate of drug-likeness (QED) is 0.175. The molecule has 0 saturated carbocycles. The lowest BCUT2D eigenvalue weighted by Gasteiger charge is -2.22. The van der Waals surface area contributed by atoms with E-state index in [1.54, 1.807) is 0 Å². The minimum Gasteiger partial charge on any atom is -0.308 e. The largest absolute Gasteiger partial charge is 0.308 e. The summed E-state index contributed by atoms with van der Waals surface area (Å²) in [4.78, 5) is 15.8.